The maximum Gasteiger partial charge on any atom is 0.222 e. The second-order valence-electron chi connectivity index (χ2n) is 9.28. The molecular formula is C31H27N5O. The quantitative estimate of drug-likeness (QED) is 0.302. The first-order valence-electron chi connectivity index (χ1n) is 12.6. The zero-order chi connectivity index (χ0) is 25.0. The van der Waals surface area contributed by atoms with Gasteiger partial charge in [0.25, 0.3) is 0 Å². The molecule has 182 valence electrons. The minimum atomic E-state index is 0.254. The number of likely N-dealkylation sites (tertiary alicyclic amines) is 1. The summed E-state index contributed by atoms with van der Waals surface area (Å²) in [4.78, 5) is 27.8. The first-order chi connectivity index (χ1) is 18.2. The van der Waals surface area contributed by atoms with E-state index in [1.807, 2.05) is 41.3 Å². The number of hydrogen-bond donors (Lipinski definition) is 1. The maximum absolute atomic E-state index is 12.0. The van der Waals surface area contributed by atoms with Crippen molar-refractivity contribution < 1.29 is 4.79 Å². The molecule has 6 rings (SSSR count). The highest BCUT2D eigenvalue weighted by molar-refractivity contribution is 5.90. The highest BCUT2D eigenvalue weighted by Gasteiger charge is 2.20. The molecule has 6 heteroatoms. The summed E-state index contributed by atoms with van der Waals surface area (Å²) >= 11 is 0. The molecule has 6 nitrogen and oxygen atoms in total. The topological polar surface area (TPSA) is 71.0 Å². The largest absolute Gasteiger partial charge is 0.365 e. The lowest BCUT2D eigenvalue weighted by molar-refractivity contribution is -0.128. The summed E-state index contributed by atoms with van der Waals surface area (Å²) in [6.45, 7) is 2.16. The third-order valence-corrected chi connectivity index (χ3v) is 6.80. The number of benzene rings is 3. The summed E-state index contributed by atoms with van der Waals surface area (Å²) in [5.74, 6) is 1.70. The van der Waals surface area contributed by atoms with E-state index in [4.69, 9.17) is 9.97 Å². The van der Waals surface area contributed by atoms with E-state index in [-0.39, 0.29) is 5.91 Å². The van der Waals surface area contributed by atoms with Gasteiger partial charge in [-0.15, -0.1) is 0 Å². The Kier molecular flexibility index (Phi) is 6.29. The number of nitrogens with one attached hydrogen (secondary N) is 1. The van der Waals surface area contributed by atoms with Gasteiger partial charge in [0.15, 0.2) is 5.82 Å². The van der Waals surface area contributed by atoms with Crippen LogP contribution in [-0.2, 0) is 17.9 Å². The van der Waals surface area contributed by atoms with Crippen LogP contribution in [0.25, 0.3) is 33.4 Å². The monoisotopic (exact) mass is 485 g/mol. The second-order valence-corrected chi connectivity index (χ2v) is 9.28. The molecule has 1 N–H and O–H groups in total. The predicted molar refractivity (Wildman–Crippen MR) is 147 cm³/mol. The lowest BCUT2D eigenvalue weighted by atomic mass is 9.98. The van der Waals surface area contributed by atoms with E-state index in [0.717, 1.165) is 46.4 Å². The number of nitrogens with zero attached hydrogens (tertiary/aromatic N) is 4. The van der Waals surface area contributed by atoms with Crippen LogP contribution < -0.4 is 5.32 Å². The van der Waals surface area contributed by atoms with Gasteiger partial charge in [-0.1, -0.05) is 60.7 Å². The number of anilines is 1. The molecular weight excluding hydrogens is 458 g/mol. The highest BCUT2D eigenvalue weighted by Crippen LogP contribution is 2.28. The van der Waals surface area contributed by atoms with E-state index in [0.29, 0.717) is 25.3 Å². The minimum Gasteiger partial charge on any atom is -0.365 e. The van der Waals surface area contributed by atoms with Gasteiger partial charge in [0.1, 0.15) is 5.82 Å². The molecule has 5 aromatic rings. The molecule has 1 aliphatic heterocycles. The van der Waals surface area contributed by atoms with Crippen molar-refractivity contribution in [1.82, 2.24) is 19.9 Å². The molecule has 0 bridgehead atoms. The summed E-state index contributed by atoms with van der Waals surface area (Å²) in [5, 5.41) is 4.55. The lowest BCUT2D eigenvalue weighted by Gasteiger charge is -2.16. The van der Waals surface area contributed by atoms with Crippen LogP contribution in [0.1, 0.15) is 24.0 Å². The van der Waals surface area contributed by atoms with Crippen LogP contribution in [0, 0.1) is 0 Å². The maximum atomic E-state index is 12.0. The van der Waals surface area contributed by atoms with E-state index in [2.05, 4.69) is 58.8 Å². The smallest absolute Gasteiger partial charge is 0.222 e. The Bertz CT molecular complexity index is 1550. The van der Waals surface area contributed by atoms with Crippen LogP contribution in [-0.4, -0.2) is 32.3 Å². The SMILES string of the molecule is O=C1CCCN1Cc1ccc(-c2ccccc2CNc2nc(-c3cccnc3)nc3ccccc23)cc1. The van der Waals surface area contributed by atoms with Crippen molar-refractivity contribution in [3.8, 4) is 22.5 Å². The Hall–Kier alpha value is -4.58. The standard InChI is InChI=1S/C31H27N5O/c37-29-12-6-18-36(29)21-22-13-15-23(16-14-22)26-9-2-1-7-24(26)20-33-31-27-10-3-4-11-28(27)34-30(35-31)25-8-5-17-32-19-25/h1-5,7-11,13-17,19H,6,12,18,20-21H2,(H,33,34,35). The fourth-order valence-corrected chi connectivity index (χ4v) is 4.85. The first kappa shape index (κ1) is 22.9. The number of hydrogen-bond acceptors (Lipinski definition) is 5. The number of amides is 1. The summed E-state index contributed by atoms with van der Waals surface area (Å²) in [6, 6.07) is 28.9. The number of pyridine rings is 1. The van der Waals surface area contributed by atoms with Gasteiger partial charge in [0, 0.05) is 49.4 Å². The summed E-state index contributed by atoms with van der Waals surface area (Å²) in [7, 11) is 0. The van der Waals surface area contributed by atoms with Gasteiger partial charge >= 0.3 is 0 Å². The molecule has 3 heterocycles. The van der Waals surface area contributed by atoms with Gasteiger partial charge in [-0.05, 0) is 52.9 Å². The first-order valence-corrected chi connectivity index (χ1v) is 12.6. The number of rotatable bonds is 7. The molecule has 0 aliphatic carbocycles. The Morgan fingerprint density at radius 3 is 2.49 bits per heavy atom. The zero-order valence-corrected chi connectivity index (χ0v) is 20.5. The fraction of sp³-hybridized carbons (Fsp3) is 0.161. The van der Waals surface area contributed by atoms with Gasteiger partial charge in [-0.2, -0.15) is 0 Å². The van der Waals surface area contributed by atoms with Crippen molar-refractivity contribution >= 4 is 22.6 Å². The molecule has 0 unspecified atom stereocenters. The van der Waals surface area contributed by atoms with Gasteiger partial charge in [0.05, 0.1) is 5.52 Å². The molecule has 1 aliphatic rings. The van der Waals surface area contributed by atoms with Gasteiger partial charge in [0.2, 0.25) is 5.91 Å². The van der Waals surface area contributed by atoms with Crippen LogP contribution in [0.3, 0.4) is 0 Å². The van der Waals surface area contributed by atoms with Crippen LogP contribution in [0.5, 0.6) is 0 Å². The number of carbonyl (C=O) groups is 1. The Morgan fingerprint density at radius 2 is 1.68 bits per heavy atom. The Labute approximate surface area is 216 Å². The molecule has 0 saturated carbocycles. The van der Waals surface area contributed by atoms with Crippen molar-refractivity contribution in [3.63, 3.8) is 0 Å². The highest BCUT2D eigenvalue weighted by atomic mass is 16.2. The van der Waals surface area contributed by atoms with Crippen molar-refractivity contribution in [2.24, 2.45) is 0 Å². The number of aromatic nitrogens is 3. The van der Waals surface area contributed by atoms with Gasteiger partial charge in [-0.3, -0.25) is 9.78 Å². The Morgan fingerprint density at radius 1 is 0.838 bits per heavy atom. The average Bonchev–Trinajstić information content (AvgIpc) is 3.36. The third kappa shape index (κ3) is 4.91. The van der Waals surface area contributed by atoms with Crippen LogP contribution in [0.2, 0.25) is 0 Å². The average molecular weight is 486 g/mol. The normalized spacial score (nSPS) is 13.3. The van der Waals surface area contributed by atoms with E-state index in [1.54, 1.807) is 12.4 Å². The van der Waals surface area contributed by atoms with Crippen LogP contribution in [0.4, 0.5) is 5.82 Å². The van der Waals surface area contributed by atoms with Crippen LogP contribution >= 0.6 is 0 Å². The van der Waals surface area contributed by atoms with E-state index < -0.39 is 0 Å². The van der Waals surface area contributed by atoms with Crippen molar-refractivity contribution in [3.05, 3.63) is 108 Å². The number of fused-ring (bicyclic) bond motifs is 1. The second kappa shape index (κ2) is 10.2. The molecule has 37 heavy (non-hydrogen) atoms. The van der Waals surface area contributed by atoms with Gasteiger partial charge < -0.3 is 10.2 Å². The van der Waals surface area contributed by atoms with E-state index >= 15 is 0 Å². The third-order valence-electron chi connectivity index (χ3n) is 6.80. The molecule has 0 spiro atoms. The molecule has 2 aromatic heterocycles. The molecule has 1 amide bonds. The van der Waals surface area contributed by atoms with Crippen molar-refractivity contribution in [2.75, 3.05) is 11.9 Å². The number of para-hydroxylation sites is 1. The summed E-state index contributed by atoms with van der Waals surface area (Å²) < 4.78 is 0. The molecule has 0 radical (unpaired) electrons. The zero-order valence-electron chi connectivity index (χ0n) is 20.5. The summed E-state index contributed by atoms with van der Waals surface area (Å²) in [5.41, 5.74) is 6.43. The fourth-order valence-electron chi connectivity index (χ4n) is 4.85. The lowest BCUT2D eigenvalue weighted by Crippen LogP contribution is -2.23. The van der Waals surface area contributed by atoms with Crippen molar-refractivity contribution in [1.29, 1.82) is 0 Å². The minimum absolute atomic E-state index is 0.254. The summed E-state index contributed by atoms with van der Waals surface area (Å²) in [6.07, 6.45) is 5.16. The van der Waals surface area contributed by atoms with Crippen LogP contribution in [0.15, 0.2) is 97.3 Å². The van der Waals surface area contributed by atoms with Gasteiger partial charge in [-0.25, -0.2) is 9.97 Å². The molecule has 1 fully saturated rings. The van der Waals surface area contributed by atoms with E-state index in [9.17, 15) is 4.79 Å². The Balaban J connectivity index is 1.26. The molecule has 3 aromatic carbocycles. The predicted octanol–water partition coefficient (Wildman–Crippen LogP) is 6.09. The van der Waals surface area contributed by atoms with Crippen molar-refractivity contribution in [2.45, 2.75) is 25.9 Å². The number of carbonyl (C=O) groups excluding carboxylic acids is 1. The molecule has 0 atom stereocenters. The molecule has 1 saturated heterocycles. The van der Waals surface area contributed by atoms with E-state index in [1.165, 1.54) is 11.1 Å².